The molecule has 0 bridgehead atoms. The van der Waals surface area contributed by atoms with Gasteiger partial charge in [0.2, 0.25) is 5.91 Å². The molecule has 6 heteroatoms. The molecule has 1 aromatic heterocycles. The molecular weight excluding hydrogens is 336 g/mol. The highest BCUT2D eigenvalue weighted by Gasteiger charge is 2.24. The zero-order chi connectivity index (χ0) is 17.6. The summed E-state index contributed by atoms with van der Waals surface area (Å²) in [7, 11) is 0. The van der Waals surface area contributed by atoms with Crippen molar-refractivity contribution < 1.29 is 14.3 Å². The van der Waals surface area contributed by atoms with Gasteiger partial charge in [0.05, 0.1) is 12.2 Å². The molecule has 0 unspecified atom stereocenters. The minimum atomic E-state index is -0.456. The van der Waals surface area contributed by atoms with E-state index in [0.29, 0.717) is 30.0 Å². The summed E-state index contributed by atoms with van der Waals surface area (Å²) < 4.78 is 5.58. The van der Waals surface area contributed by atoms with E-state index in [9.17, 15) is 9.59 Å². The number of thiophene rings is 1. The highest BCUT2D eigenvalue weighted by Crippen LogP contribution is 2.37. The van der Waals surface area contributed by atoms with Crippen LogP contribution in [-0.4, -0.2) is 18.4 Å². The van der Waals surface area contributed by atoms with Gasteiger partial charge in [-0.1, -0.05) is 18.2 Å². The molecule has 0 atom stereocenters. The lowest BCUT2D eigenvalue weighted by molar-refractivity contribution is -0.116. The van der Waals surface area contributed by atoms with Gasteiger partial charge in [0.1, 0.15) is 10.8 Å². The molecule has 3 N–H and O–H groups in total. The molecule has 1 aliphatic rings. The van der Waals surface area contributed by atoms with E-state index >= 15 is 0 Å². The van der Waals surface area contributed by atoms with Crippen LogP contribution in [0.25, 0.3) is 0 Å². The number of carbonyl (C=O) groups excluding carboxylic acids is 2. The zero-order valence-corrected chi connectivity index (χ0v) is 14.9. The SMILES string of the molecule is NC(=O)c1c(NC(=O)CCCOc2ccccc2)sc2c1CCCC2. The number of primary amides is 1. The molecule has 0 saturated heterocycles. The van der Waals surface area contributed by atoms with Gasteiger partial charge in [-0.2, -0.15) is 0 Å². The van der Waals surface area contributed by atoms with Crippen LogP contribution in [0.1, 0.15) is 46.5 Å². The number of nitrogens with two attached hydrogens (primary N) is 1. The normalized spacial score (nSPS) is 13.1. The first-order chi connectivity index (χ1) is 12.1. The summed E-state index contributed by atoms with van der Waals surface area (Å²) in [5.41, 5.74) is 7.08. The van der Waals surface area contributed by atoms with Crippen molar-refractivity contribution in [3.8, 4) is 5.75 Å². The number of amides is 2. The average molecular weight is 358 g/mol. The summed E-state index contributed by atoms with van der Waals surface area (Å²) in [6.07, 6.45) is 4.96. The molecule has 0 aliphatic heterocycles. The molecule has 132 valence electrons. The van der Waals surface area contributed by atoms with Gasteiger partial charge in [0.25, 0.3) is 5.91 Å². The van der Waals surface area contributed by atoms with Crippen LogP contribution in [0.5, 0.6) is 5.75 Å². The fourth-order valence-electron chi connectivity index (χ4n) is 3.04. The molecular formula is C19H22N2O3S. The van der Waals surface area contributed by atoms with Crippen molar-refractivity contribution >= 4 is 28.2 Å². The third kappa shape index (κ3) is 4.39. The monoisotopic (exact) mass is 358 g/mol. The molecule has 25 heavy (non-hydrogen) atoms. The van der Waals surface area contributed by atoms with Crippen molar-refractivity contribution in [2.45, 2.75) is 38.5 Å². The van der Waals surface area contributed by atoms with Crippen molar-refractivity contribution in [3.63, 3.8) is 0 Å². The Morgan fingerprint density at radius 3 is 2.68 bits per heavy atom. The van der Waals surface area contributed by atoms with Crippen molar-refractivity contribution in [3.05, 3.63) is 46.3 Å². The lowest BCUT2D eigenvalue weighted by Crippen LogP contribution is -2.18. The number of aryl methyl sites for hydroxylation is 1. The number of hydrogen-bond acceptors (Lipinski definition) is 4. The Hall–Kier alpha value is -2.34. The lowest BCUT2D eigenvalue weighted by Gasteiger charge is -2.11. The number of ether oxygens (including phenoxy) is 1. The van der Waals surface area contributed by atoms with Crippen molar-refractivity contribution in [1.82, 2.24) is 0 Å². The number of carbonyl (C=O) groups is 2. The maximum atomic E-state index is 12.2. The summed E-state index contributed by atoms with van der Waals surface area (Å²) in [6.45, 7) is 0.473. The van der Waals surface area contributed by atoms with E-state index in [2.05, 4.69) is 5.32 Å². The third-order valence-corrected chi connectivity index (χ3v) is 5.44. The number of anilines is 1. The minimum Gasteiger partial charge on any atom is -0.494 e. The Morgan fingerprint density at radius 1 is 1.16 bits per heavy atom. The smallest absolute Gasteiger partial charge is 0.251 e. The van der Waals surface area contributed by atoms with E-state index in [0.717, 1.165) is 37.0 Å². The van der Waals surface area contributed by atoms with Crippen LogP contribution >= 0.6 is 11.3 Å². The topological polar surface area (TPSA) is 81.4 Å². The molecule has 0 spiro atoms. The summed E-state index contributed by atoms with van der Waals surface area (Å²) >= 11 is 1.49. The standard InChI is InChI=1S/C19H22N2O3S/c20-18(23)17-14-9-4-5-10-15(14)25-19(17)21-16(22)11-6-12-24-13-7-2-1-3-8-13/h1-3,7-8H,4-6,9-12H2,(H2,20,23)(H,21,22). The number of fused-ring (bicyclic) bond motifs is 1. The summed E-state index contributed by atoms with van der Waals surface area (Å²) in [5, 5.41) is 3.48. The van der Waals surface area contributed by atoms with Gasteiger partial charge in [-0.3, -0.25) is 9.59 Å². The quantitative estimate of drug-likeness (QED) is 0.743. The lowest BCUT2D eigenvalue weighted by atomic mass is 9.95. The van der Waals surface area contributed by atoms with Crippen LogP contribution in [0.15, 0.2) is 30.3 Å². The van der Waals surface area contributed by atoms with Gasteiger partial charge in [-0.15, -0.1) is 11.3 Å². The van der Waals surface area contributed by atoms with Crippen LogP contribution < -0.4 is 15.8 Å². The summed E-state index contributed by atoms with van der Waals surface area (Å²) in [4.78, 5) is 25.2. The van der Waals surface area contributed by atoms with E-state index in [1.807, 2.05) is 30.3 Å². The maximum Gasteiger partial charge on any atom is 0.251 e. The second-order valence-corrected chi connectivity index (χ2v) is 7.20. The van der Waals surface area contributed by atoms with Crippen molar-refractivity contribution in [2.75, 3.05) is 11.9 Å². The van der Waals surface area contributed by atoms with Gasteiger partial charge >= 0.3 is 0 Å². The van der Waals surface area contributed by atoms with Gasteiger partial charge in [-0.25, -0.2) is 0 Å². The van der Waals surface area contributed by atoms with E-state index < -0.39 is 5.91 Å². The molecule has 3 rings (SSSR count). The van der Waals surface area contributed by atoms with Gasteiger partial charge in [0.15, 0.2) is 0 Å². The largest absolute Gasteiger partial charge is 0.494 e. The van der Waals surface area contributed by atoms with Crippen LogP contribution in [-0.2, 0) is 17.6 Å². The fraction of sp³-hybridized carbons (Fsp3) is 0.368. The van der Waals surface area contributed by atoms with Gasteiger partial charge in [-0.05, 0) is 49.8 Å². The highest BCUT2D eigenvalue weighted by molar-refractivity contribution is 7.17. The second-order valence-electron chi connectivity index (χ2n) is 6.09. The molecule has 0 radical (unpaired) electrons. The van der Waals surface area contributed by atoms with Crippen molar-refractivity contribution in [2.24, 2.45) is 5.73 Å². The molecule has 0 saturated carbocycles. The van der Waals surface area contributed by atoms with Crippen LogP contribution in [0, 0.1) is 0 Å². The minimum absolute atomic E-state index is 0.113. The number of rotatable bonds is 7. The number of para-hydroxylation sites is 1. The Morgan fingerprint density at radius 2 is 1.92 bits per heavy atom. The number of hydrogen-bond donors (Lipinski definition) is 2. The van der Waals surface area contributed by atoms with Gasteiger partial charge in [0, 0.05) is 11.3 Å². The molecule has 1 aliphatic carbocycles. The molecule has 1 heterocycles. The summed E-state index contributed by atoms with van der Waals surface area (Å²) in [5.74, 6) is 0.227. The number of benzene rings is 1. The Balaban J connectivity index is 1.54. The van der Waals surface area contributed by atoms with Crippen LogP contribution in [0.2, 0.25) is 0 Å². The summed E-state index contributed by atoms with van der Waals surface area (Å²) in [6, 6.07) is 9.51. The number of nitrogens with one attached hydrogen (secondary N) is 1. The zero-order valence-electron chi connectivity index (χ0n) is 14.0. The van der Waals surface area contributed by atoms with Crippen LogP contribution in [0.3, 0.4) is 0 Å². The van der Waals surface area contributed by atoms with E-state index in [-0.39, 0.29) is 5.91 Å². The Kier molecular flexibility index (Phi) is 5.71. The third-order valence-electron chi connectivity index (χ3n) is 4.23. The molecule has 1 aromatic carbocycles. The second kappa shape index (κ2) is 8.16. The molecule has 2 amide bonds. The Labute approximate surface area is 151 Å². The molecule has 2 aromatic rings. The maximum absolute atomic E-state index is 12.2. The first kappa shape index (κ1) is 17.5. The Bertz CT molecular complexity index is 756. The van der Waals surface area contributed by atoms with E-state index in [1.54, 1.807) is 0 Å². The van der Waals surface area contributed by atoms with Crippen molar-refractivity contribution in [1.29, 1.82) is 0 Å². The molecule has 0 fully saturated rings. The predicted molar refractivity (Wildman–Crippen MR) is 99.3 cm³/mol. The molecule has 5 nitrogen and oxygen atoms in total. The van der Waals surface area contributed by atoms with E-state index in [4.69, 9.17) is 10.5 Å². The first-order valence-electron chi connectivity index (χ1n) is 8.57. The van der Waals surface area contributed by atoms with E-state index in [1.165, 1.54) is 16.2 Å². The fourth-order valence-corrected chi connectivity index (χ4v) is 4.35. The van der Waals surface area contributed by atoms with Gasteiger partial charge < -0.3 is 15.8 Å². The predicted octanol–water partition coefficient (Wildman–Crippen LogP) is 3.52. The van der Waals surface area contributed by atoms with Crippen LogP contribution in [0.4, 0.5) is 5.00 Å². The first-order valence-corrected chi connectivity index (χ1v) is 9.39. The highest BCUT2D eigenvalue weighted by atomic mass is 32.1. The average Bonchev–Trinajstić information content (AvgIpc) is 2.97.